The summed E-state index contributed by atoms with van der Waals surface area (Å²) in [5, 5.41) is 7.61. The molecule has 0 atom stereocenters. The van der Waals surface area contributed by atoms with Gasteiger partial charge in [0, 0.05) is 43.3 Å². The minimum atomic E-state index is 1.11. The Labute approximate surface area is 323 Å². The standard InChI is InChI=1S/C52H34N2S/c1-2-14-35(15-3-1)41-23-10-16-37-17-11-24-42(51(37)41)36-30-32-38(33-31-36)53(49-28-13-25-46-45-22-6-9-29-50(45)55-52(46)49)39-18-12-19-40(34-39)54-47-26-7-4-20-43(47)44-21-5-8-27-48(44)54/h1-34H. The third-order valence-electron chi connectivity index (χ3n) is 11.0. The minimum Gasteiger partial charge on any atom is -0.309 e. The molecule has 2 nitrogen and oxygen atoms in total. The van der Waals surface area contributed by atoms with Crippen LogP contribution in [0.1, 0.15) is 0 Å². The first-order valence-corrected chi connectivity index (χ1v) is 19.6. The zero-order chi connectivity index (χ0) is 36.3. The van der Waals surface area contributed by atoms with Gasteiger partial charge in [-0.05, 0) is 87.6 Å². The second-order valence-electron chi connectivity index (χ2n) is 14.1. The number of hydrogen-bond donors (Lipinski definition) is 0. The lowest BCUT2D eigenvalue weighted by Crippen LogP contribution is -2.10. The van der Waals surface area contributed by atoms with E-state index in [2.05, 4.69) is 216 Å². The van der Waals surface area contributed by atoms with Crippen LogP contribution in [0.2, 0.25) is 0 Å². The summed E-state index contributed by atoms with van der Waals surface area (Å²) in [6.45, 7) is 0. The lowest BCUT2D eigenvalue weighted by Gasteiger charge is -2.27. The third kappa shape index (κ3) is 5.16. The van der Waals surface area contributed by atoms with E-state index in [0.29, 0.717) is 0 Å². The van der Waals surface area contributed by atoms with Gasteiger partial charge in [0.2, 0.25) is 0 Å². The van der Waals surface area contributed by atoms with Crippen molar-refractivity contribution in [2.24, 2.45) is 0 Å². The highest BCUT2D eigenvalue weighted by atomic mass is 32.1. The summed E-state index contributed by atoms with van der Waals surface area (Å²) >= 11 is 1.87. The fraction of sp³-hybridized carbons (Fsp3) is 0. The van der Waals surface area contributed by atoms with Gasteiger partial charge in [-0.1, -0.05) is 152 Å². The number of fused-ring (bicyclic) bond motifs is 7. The first kappa shape index (κ1) is 31.6. The molecular formula is C52H34N2S. The topological polar surface area (TPSA) is 8.17 Å². The number of rotatable bonds is 6. The Morgan fingerprint density at radius 3 is 1.71 bits per heavy atom. The smallest absolute Gasteiger partial charge is 0.0640 e. The molecule has 0 saturated heterocycles. The Hall–Kier alpha value is -6.94. The van der Waals surface area contributed by atoms with E-state index in [-0.39, 0.29) is 0 Å². The molecule has 2 aromatic heterocycles. The van der Waals surface area contributed by atoms with Crippen LogP contribution in [0, 0.1) is 0 Å². The summed E-state index contributed by atoms with van der Waals surface area (Å²) < 4.78 is 4.97. The van der Waals surface area contributed by atoms with E-state index in [0.717, 1.165) is 17.1 Å². The number of thiophene rings is 1. The molecule has 258 valence electrons. The van der Waals surface area contributed by atoms with Crippen molar-refractivity contribution < 1.29 is 0 Å². The predicted molar refractivity (Wildman–Crippen MR) is 237 cm³/mol. The van der Waals surface area contributed by atoms with Gasteiger partial charge >= 0.3 is 0 Å². The van der Waals surface area contributed by atoms with Gasteiger partial charge in [0.25, 0.3) is 0 Å². The van der Waals surface area contributed by atoms with Crippen LogP contribution in [-0.2, 0) is 0 Å². The van der Waals surface area contributed by atoms with E-state index >= 15 is 0 Å². The maximum absolute atomic E-state index is 2.44. The van der Waals surface area contributed by atoms with Gasteiger partial charge in [-0.25, -0.2) is 0 Å². The van der Waals surface area contributed by atoms with E-state index in [1.165, 1.54) is 80.7 Å². The Bertz CT molecular complexity index is 3150. The molecule has 11 aromatic rings. The van der Waals surface area contributed by atoms with Gasteiger partial charge in [-0.15, -0.1) is 11.3 Å². The third-order valence-corrected chi connectivity index (χ3v) is 12.2. The van der Waals surface area contributed by atoms with Crippen LogP contribution in [0.5, 0.6) is 0 Å². The molecule has 0 saturated carbocycles. The van der Waals surface area contributed by atoms with Crippen LogP contribution in [0.4, 0.5) is 17.1 Å². The molecule has 2 heterocycles. The average molecular weight is 719 g/mol. The summed E-state index contributed by atoms with van der Waals surface area (Å²) in [4.78, 5) is 2.44. The second-order valence-corrected chi connectivity index (χ2v) is 15.2. The van der Waals surface area contributed by atoms with Crippen molar-refractivity contribution >= 4 is 81.1 Å². The molecular weight excluding hydrogens is 685 g/mol. The van der Waals surface area contributed by atoms with Crippen LogP contribution < -0.4 is 4.90 Å². The van der Waals surface area contributed by atoms with Gasteiger partial charge in [0.15, 0.2) is 0 Å². The molecule has 55 heavy (non-hydrogen) atoms. The number of aromatic nitrogens is 1. The van der Waals surface area contributed by atoms with Crippen LogP contribution in [-0.4, -0.2) is 4.57 Å². The predicted octanol–water partition coefficient (Wildman–Crippen LogP) is 15.1. The van der Waals surface area contributed by atoms with Crippen molar-refractivity contribution in [1.82, 2.24) is 4.57 Å². The molecule has 0 aliphatic heterocycles. The quantitative estimate of drug-likeness (QED) is 0.166. The lowest BCUT2D eigenvalue weighted by atomic mass is 9.91. The number of hydrogen-bond acceptors (Lipinski definition) is 2. The first-order chi connectivity index (χ1) is 27.3. The molecule has 0 bridgehead atoms. The van der Waals surface area contributed by atoms with Crippen LogP contribution in [0.25, 0.3) is 80.7 Å². The van der Waals surface area contributed by atoms with E-state index in [1.807, 2.05) is 11.3 Å². The van der Waals surface area contributed by atoms with Crippen LogP contribution >= 0.6 is 11.3 Å². The number of para-hydroxylation sites is 2. The van der Waals surface area contributed by atoms with Crippen molar-refractivity contribution in [3.05, 3.63) is 206 Å². The maximum Gasteiger partial charge on any atom is 0.0640 e. The van der Waals surface area contributed by atoms with Gasteiger partial charge in [0.1, 0.15) is 0 Å². The normalized spacial score (nSPS) is 11.6. The molecule has 11 rings (SSSR count). The van der Waals surface area contributed by atoms with E-state index < -0.39 is 0 Å². The molecule has 3 heteroatoms. The molecule has 0 amide bonds. The molecule has 0 radical (unpaired) electrons. The Morgan fingerprint density at radius 1 is 0.400 bits per heavy atom. The zero-order valence-corrected chi connectivity index (χ0v) is 30.7. The van der Waals surface area contributed by atoms with Crippen LogP contribution in [0.3, 0.4) is 0 Å². The lowest BCUT2D eigenvalue weighted by molar-refractivity contribution is 1.17. The molecule has 9 aromatic carbocycles. The van der Waals surface area contributed by atoms with Gasteiger partial charge in [-0.2, -0.15) is 0 Å². The SMILES string of the molecule is c1ccc(-c2cccc3cccc(-c4ccc(N(c5cccc(-n6c7ccccc7c7ccccc76)c5)c5cccc6c5sc5ccccc56)cc4)c23)cc1. The van der Waals surface area contributed by atoms with Gasteiger partial charge in [0.05, 0.1) is 21.4 Å². The minimum absolute atomic E-state index is 1.11. The molecule has 0 fully saturated rings. The highest BCUT2D eigenvalue weighted by molar-refractivity contribution is 7.26. The monoisotopic (exact) mass is 718 g/mol. The first-order valence-electron chi connectivity index (χ1n) is 18.8. The van der Waals surface area contributed by atoms with Gasteiger partial charge in [-0.3, -0.25) is 0 Å². The summed E-state index contributed by atoms with van der Waals surface area (Å²) in [6.07, 6.45) is 0. The summed E-state index contributed by atoms with van der Waals surface area (Å²) in [5.41, 5.74) is 11.8. The zero-order valence-electron chi connectivity index (χ0n) is 29.9. The number of nitrogens with zero attached hydrogens (tertiary/aromatic N) is 2. The summed E-state index contributed by atoms with van der Waals surface area (Å²) in [7, 11) is 0. The fourth-order valence-corrected chi connectivity index (χ4v) is 9.74. The summed E-state index contributed by atoms with van der Waals surface area (Å²) in [5.74, 6) is 0. The van der Waals surface area contributed by atoms with E-state index in [4.69, 9.17) is 0 Å². The van der Waals surface area contributed by atoms with E-state index in [9.17, 15) is 0 Å². The van der Waals surface area contributed by atoms with Gasteiger partial charge < -0.3 is 9.47 Å². The number of anilines is 3. The molecule has 0 aliphatic rings. The van der Waals surface area contributed by atoms with Crippen LogP contribution in [0.15, 0.2) is 206 Å². The molecule has 0 spiro atoms. The Morgan fingerprint density at radius 2 is 0.982 bits per heavy atom. The second kappa shape index (κ2) is 12.9. The molecule has 0 aliphatic carbocycles. The van der Waals surface area contributed by atoms with Crippen molar-refractivity contribution in [3.8, 4) is 27.9 Å². The van der Waals surface area contributed by atoms with Crippen molar-refractivity contribution in [3.63, 3.8) is 0 Å². The maximum atomic E-state index is 2.44. The van der Waals surface area contributed by atoms with E-state index in [1.54, 1.807) is 0 Å². The average Bonchev–Trinajstić information content (AvgIpc) is 3.81. The molecule has 0 unspecified atom stereocenters. The molecule has 0 N–H and O–H groups in total. The van der Waals surface area contributed by atoms with Crippen molar-refractivity contribution in [2.75, 3.05) is 4.90 Å². The van der Waals surface area contributed by atoms with Crippen molar-refractivity contribution in [1.29, 1.82) is 0 Å². The highest BCUT2D eigenvalue weighted by Gasteiger charge is 2.20. The van der Waals surface area contributed by atoms with Crippen molar-refractivity contribution in [2.45, 2.75) is 0 Å². The largest absolute Gasteiger partial charge is 0.309 e. The Kier molecular flexibility index (Phi) is 7.39. The number of benzene rings is 9. The fourth-order valence-electron chi connectivity index (χ4n) is 8.54. The summed E-state index contributed by atoms with van der Waals surface area (Å²) in [6, 6.07) is 75.1. The Balaban J connectivity index is 1.11. The highest BCUT2D eigenvalue weighted by Crippen LogP contribution is 2.46.